The highest BCUT2D eigenvalue weighted by molar-refractivity contribution is 6.31. The highest BCUT2D eigenvalue weighted by Gasteiger charge is 2.08. The van der Waals surface area contributed by atoms with Gasteiger partial charge in [0.1, 0.15) is 5.82 Å². The lowest BCUT2D eigenvalue weighted by atomic mass is 10.1. The summed E-state index contributed by atoms with van der Waals surface area (Å²) in [6.45, 7) is 2.37. The SMILES string of the molecule is Cc1c(Cl)cccc1Nc1cncc(C(=O)NCCc2ccc(F)cc2)c1. The zero-order valence-electron chi connectivity index (χ0n) is 14.8. The Labute approximate surface area is 162 Å². The van der Waals surface area contributed by atoms with Gasteiger partial charge in [-0.2, -0.15) is 0 Å². The number of aromatic nitrogens is 1. The van der Waals surface area contributed by atoms with Crippen molar-refractivity contribution in [3.05, 3.63) is 88.5 Å². The Hall–Kier alpha value is -2.92. The predicted octanol–water partition coefficient (Wildman–Crippen LogP) is 4.90. The molecule has 3 aromatic rings. The molecule has 27 heavy (non-hydrogen) atoms. The van der Waals surface area contributed by atoms with Gasteiger partial charge in [0.2, 0.25) is 0 Å². The van der Waals surface area contributed by atoms with Crippen LogP contribution < -0.4 is 10.6 Å². The van der Waals surface area contributed by atoms with E-state index in [1.54, 1.807) is 24.4 Å². The number of nitrogens with one attached hydrogen (secondary N) is 2. The standard InChI is InChI=1S/C21H19ClFN3O/c1-14-19(22)3-2-4-20(14)26-18-11-16(12-24-13-18)21(27)25-10-9-15-5-7-17(23)8-6-15/h2-8,11-13,26H,9-10H2,1H3,(H,25,27). The third kappa shape index (κ3) is 5.05. The Morgan fingerprint density at radius 3 is 2.70 bits per heavy atom. The number of hydrogen-bond acceptors (Lipinski definition) is 3. The maximum absolute atomic E-state index is 12.9. The molecule has 0 atom stereocenters. The van der Waals surface area contributed by atoms with Crippen LogP contribution in [0.2, 0.25) is 5.02 Å². The number of nitrogens with zero attached hydrogens (tertiary/aromatic N) is 1. The minimum Gasteiger partial charge on any atom is -0.354 e. The first-order chi connectivity index (χ1) is 13.0. The number of anilines is 2. The molecule has 0 aliphatic heterocycles. The second-order valence-electron chi connectivity index (χ2n) is 6.13. The first-order valence-corrected chi connectivity index (χ1v) is 8.90. The summed E-state index contributed by atoms with van der Waals surface area (Å²) in [4.78, 5) is 16.5. The van der Waals surface area contributed by atoms with Crippen molar-refractivity contribution in [1.82, 2.24) is 10.3 Å². The van der Waals surface area contributed by atoms with E-state index in [4.69, 9.17) is 11.6 Å². The maximum atomic E-state index is 12.9. The van der Waals surface area contributed by atoms with E-state index >= 15 is 0 Å². The molecule has 1 aromatic heterocycles. The molecule has 0 unspecified atom stereocenters. The zero-order chi connectivity index (χ0) is 19.2. The summed E-state index contributed by atoms with van der Waals surface area (Å²) >= 11 is 6.14. The molecule has 0 aliphatic carbocycles. The van der Waals surface area contributed by atoms with E-state index in [1.165, 1.54) is 18.3 Å². The molecule has 0 fully saturated rings. The van der Waals surface area contributed by atoms with Gasteiger partial charge in [0.15, 0.2) is 0 Å². The van der Waals surface area contributed by atoms with Crippen LogP contribution in [0.4, 0.5) is 15.8 Å². The topological polar surface area (TPSA) is 54.0 Å². The number of rotatable bonds is 6. The lowest BCUT2D eigenvalue weighted by Gasteiger charge is -2.11. The van der Waals surface area contributed by atoms with Gasteiger partial charge < -0.3 is 10.6 Å². The van der Waals surface area contributed by atoms with Crippen LogP contribution in [0.15, 0.2) is 60.9 Å². The van der Waals surface area contributed by atoms with Crippen LogP contribution in [0.1, 0.15) is 21.5 Å². The molecular formula is C21H19ClFN3O. The summed E-state index contributed by atoms with van der Waals surface area (Å²) in [7, 11) is 0. The molecule has 0 saturated heterocycles. The molecule has 2 aromatic carbocycles. The van der Waals surface area contributed by atoms with E-state index in [0.717, 1.165) is 16.8 Å². The minimum atomic E-state index is -0.270. The van der Waals surface area contributed by atoms with Gasteiger partial charge in [-0.15, -0.1) is 0 Å². The first kappa shape index (κ1) is 18.9. The van der Waals surface area contributed by atoms with Crippen LogP contribution in [-0.4, -0.2) is 17.4 Å². The van der Waals surface area contributed by atoms with Crippen LogP contribution in [0.5, 0.6) is 0 Å². The maximum Gasteiger partial charge on any atom is 0.252 e. The third-order valence-corrected chi connectivity index (χ3v) is 4.57. The average Bonchev–Trinajstić information content (AvgIpc) is 2.67. The molecule has 0 bridgehead atoms. The Bertz CT molecular complexity index is 944. The molecule has 3 rings (SSSR count). The number of amides is 1. The summed E-state index contributed by atoms with van der Waals surface area (Å²) in [6.07, 6.45) is 3.79. The van der Waals surface area contributed by atoms with Gasteiger partial charge in [0.25, 0.3) is 5.91 Å². The summed E-state index contributed by atoms with van der Waals surface area (Å²) in [5.41, 5.74) is 3.90. The fourth-order valence-electron chi connectivity index (χ4n) is 2.60. The lowest BCUT2D eigenvalue weighted by molar-refractivity contribution is 0.0954. The van der Waals surface area contributed by atoms with E-state index in [0.29, 0.717) is 29.2 Å². The van der Waals surface area contributed by atoms with Crippen LogP contribution in [0.25, 0.3) is 0 Å². The monoisotopic (exact) mass is 383 g/mol. The van der Waals surface area contributed by atoms with Gasteiger partial charge in [-0.25, -0.2) is 4.39 Å². The molecule has 4 nitrogen and oxygen atoms in total. The van der Waals surface area contributed by atoms with Crippen molar-refractivity contribution in [3.63, 3.8) is 0 Å². The lowest BCUT2D eigenvalue weighted by Crippen LogP contribution is -2.25. The Balaban J connectivity index is 1.61. The molecule has 1 heterocycles. The largest absolute Gasteiger partial charge is 0.354 e. The summed E-state index contributed by atoms with van der Waals surface area (Å²) in [6, 6.07) is 13.6. The Kier molecular flexibility index (Phi) is 6.04. The molecule has 1 amide bonds. The van der Waals surface area contributed by atoms with Crippen LogP contribution in [-0.2, 0) is 6.42 Å². The number of pyridine rings is 1. The fraction of sp³-hybridized carbons (Fsp3) is 0.143. The van der Waals surface area contributed by atoms with Gasteiger partial charge in [0, 0.05) is 23.5 Å². The van der Waals surface area contributed by atoms with Crippen LogP contribution in [0.3, 0.4) is 0 Å². The van der Waals surface area contributed by atoms with E-state index < -0.39 is 0 Å². The summed E-state index contributed by atoms with van der Waals surface area (Å²) in [5, 5.41) is 6.75. The van der Waals surface area contributed by atoms with Crippen LogP contribution >= 0.6 is 11.6 Å². The first-order valence-electron chi connectivity index (χ1n) is 8.53. The normalized spacial score (nSPS) is 10.5. The quantitative estimate of drug-likeness (QED) is 0.636. The average molecular weight is 384 g/mol. The van der Waals surface area contributed by atoms with Crippen molar-refractivity contribution in [2.75, 3.05) is 11.9 Å². The highest BCUT2D eigenvalue weighted by atomic mass is 35.5. The molecule has 0 saturated carbocycles. The van der Waals surface area contributed by atoms with Crippen molar-refractivity contribution in [2.45, 2.75) is 13.3 Å². The van der Waals surface area contributed by atoms with Crippen molar-refractivity contribution >= 4 is 28.9 Å². The molecule has 138 valence electrons. The van der Waals surface area contributed by atoms with Gasteiger partial charge >= 0.3 is 0 Å². The van der Waals surface area contributed by atoms with E-state index in [1.807, 2.05) is 25.1 Å². The van der Waals surface area contributed by atoms with Crippen molar-refractivity contribution < 1.29 is 9.18 Å². The van der Waals surface area contributed by atoms with E-state index in [9.17, 15) is 9.18 Å². The van der Waals surface area contributed by atoms with Crippen molar-refractivity contribution in [2.24, 2.45) is 0 Å². The predicted molar refractivity (Wildman–Crippen MR) is 106 cm³/mol. The summed E-state index contributed by atoms with van der Waals surface area (Å²) in [5.74, 6) is -0.482. The van der Waals surface area contributed by atoms with Gasteiger partial charge in [-0.05, 0) is 54.8 Å². The molecule has 2 N–H and O–H groups in total. The van der Waals surface area contributed by atoms with E-state index in [2.05, 4.69) is 15.6 Å². The minimum absolute atomic E-state index is 0.212. The molecule has 0 spiro atoms. The van der Waals surface area contributed by atoms with Crippen LogP contribution in [0, 0.1) is 12.7 Å². The molecule has 0 aliphatic rings. The number of halogens is 2. The van der Waals surface area contributed by atoms with Gasteiger partial charge in [-0.1, -0.05) is 29.8 Å². The number of benzene rings is 2. The molecule has 0 radical (unpaired) electrons. The van der Waals surface area contributed by atoms with Gasteiger partial charge in [0.05, 0.1) is 17.4 Å². The summed E-state index contributed by atoms with van der Waals surface area (Å²) < 4.78 is 12.9. The second-order valence-corrected chi connectivity index (χ2v) is 6.54. The molecular weight excluding hydrogens is 365 g/mol. The van der Waals surface area contributed by atoms with Gasteiger partial charge in [-0.3, -0.25) is 9.78 Å². The molecule has 6 heteroatoms. The third-order valence-electron chi connectivity index (χ3n) is 4.16. The fourth-order valence-corrected chi connectivity index (χ4v) is 2.78. The highest BCUT2D eigenvalue weighted by Crippen LogP contribution is 2.26. The zero-order valence-corrected chi connectivity index (χ0v) is 15.6. The number of carbonyl (C=O) groups is 1. The Morgan fingerprint density at radius 1 is 1.15 bits per heavy atom. The Morgan fingerprint density at radius 2 is 1.93 bits per heavy atom. The number of hydrogen-bond donors (Lipinski definition) is 2. The smallest absolute Gasteiger partial charge is 0.252 e. The van der Waals surface area contributed by atoms with E-state index in [-0.39, 0.29) is 11.7 Å². The second kappa shape index (κ2) is 8.64. The van der Waals surface area contributed by atoms with Crippen molar-refractivity contribution in [1.29, 1.82) is 0 Å². The van der Waals surface area contributed by atoms with Crippen molar-refractivity contribution in [3.8, 4) is 0 Å². The number of carbonyl (C=O) groups excluding carboxylic acids is 1.